The Morgan fingerprint density at radius 1 is 1.33 bits per heavy atom. The minimum atomic E-state index is -1.01. The molecule has 0 aromatic rings. The summed E-state index contributed by atoms with van der Waals surface area (Å²) in [7, 11) is 2.14. The highest BCUT2D eigenvalue weighted by Gasteiger charge is 1.86. The Kier molecular flexibility index (Phi) is 2.57. The lowest BCUT2D eigenvalue weighted by atomic mass is 11.4. The van der Waals surface area contributed by atoms with Gasteiger partial charge >= 0.3 is 0 Å². The molecule has 0 heterocycles. The van der Waals surface area contributed by atoms with Gasteiger partial charge in [-0.15, -0.1) is 23.9 Å². The average molecular weight is 106 g/mol. The van der Waals surface area contributed by atoms with Gasteiger partial charge in [-0.05, 0) is 0 Å². The highest BCUT2D eigenvalue weighted by atomic mass is 29.1. The van der Waals surface area contributed by atoms with Gasteiger partial charge in [-0.3, -0.25) is 0 Å². The van der Waals surface area contributed by atoms with Crippen LogP contribution < -0.4 is 0 Å². The summed E-state index contributed by atoms with van der Waals surface area (Å²) < 4.78 is 0. The van der Waals surface area contributed by atoms with E-state index in [-0.39, 0.29) is 0 Å². The van der Waals surface area contributed by atoms with Crippen LogP contribution in [0.2, 0.25) is 0 Å². The predicted octanol–water partition coefficient (Wildman–Crippen LogP) is -0.509. The van der Waals surface area contributed by atoms with E-state index in [9.17, 15) is 0 Å². The third-order valence-corrected chi connectivity index (χ3v) is 1.73. The third-order valence-electron chi connectivity index (χ3n) is 0.289. The summed E-state index contributed by atoms with van der Waals surface area (Å²) in [5, 5.41) is 0. The van der Waals surface area contributed by atoms with Gasteiger partial charge in [0.15, 0.2) is 0 Å². The van der Waals surface area contributed by atoms with Gasteiger partial charge in [0.2, 0.25) is 8.31 Å². The first kappa shape index (κ1) is 5.55. The third kappa shape index (κ3) is 1.84. The van der Waals surface area contributed by atoms with E-state index < -0.39 is 8.31 Å². The predicted molar refractivity (Wildman–Crippen MR) is 29.2 cm³/mol. The normalized spacial score (nSPS) is 6.67. The second-order valence-electron chi connectivity index (χ2n) is 0.664. The van der Waals surface area contributed by atoms with Gasteiger partial charge in [0.25, 0.3) is 0 Å². The molecule has 0 amide bonds. The number of hydrogen-bond acceptors (Lipinski definition) is 0. The first-order valence-electron chi connectivity index (χ1n) is 1.33. The van der Waals surface area contributed by atoms with E-state index in [2.05, 4.69) is 20.8 Å². The van der Waals surface area contributed by atoms with E-state index in [1.165, 1.54) is 0 Å². The zero-order valence-corrected chi connectivity index (χ0v) is 5.15. The van der Waals surface area contributed by atoms with Crippen LogP contribution >= 0.6 is 0 Å². The second kappa shape index (κ2) is 2.77. The number of terminal acetylenes is 2. The molecule has 0 atom stereocenters. The maximum absolute atomic E-state index is 4.89. The van der Waals surface area contributed by atoms with E-state index >= 15 is 0 Å². The molecule has 6 heavy (non-hydrogen) atoms. The fourth-order valence-electron chi connectivity index (χ4n) is 0.0417. The van der Waals surface area contributed by atoms with Crippen LogP contribution in [0.3, 0.4) is 0 Å². The number of hydrogen-bond donors (Lipinski definition) is 0. The molecule has 0 bridgehead atoms. The van der Waals surface area contributed by atoms with Crippen molar-refractivity contribution in [1.82, 2.24) is 0 Å². The van der Waals surface area contributed by atoms with Crippen molar-refractivity contribution in [3.05, 3.63) is 0 Å². The minimum Gasteiger partial charge on any atom is -0.127 e. The van der Waals surface area contributed by atoms with Crippen molar-refractivity contribution < 1.29 is 0 Å². The van der Waals surface area contributed by atoms with Gasteiger partial charge in [-0.2, -0.15) is 0 Å². The molecule has 0 N–H and O–H groups in total. The van der Waals surface area contributed by atoms with E-state index in [4.69, 9.17) is 12.8 Å². The molecule has 0 spiro atoms. The van der Waals surface area contributed by atoms with Crippen LogP contribution in [0.4, 0.5) is 0 Å². The highest BCUT2D eigenvalue weighted by Crippen LogP contribution is 1.59. The van der Waals surface area contributed by atoms with Gasteiger partial charge in [-0.1, -0.05) is 0 Å². The standard InChI is InChI=1S/C4H2Si2/c1-3-6(5)4-2/h1-2H. The van der Waals surface area contributed by atoms with Gasteiger partial charge in [0.1, 0.15) is 0 Å². The van der Waals surface area contributed by atoms with E-state index in [0.29, 0.717) is 0 Å². The van der Waals surface area contributed by atoms with Crippen LogP contribution in [0.1, 0.15) is 0 Å². The molecule has 2 heteroatoms. The minimum absolute atomic E-state index is 1.01. The first-order valence-corrected chi connectivity index (χ1v) is 4.33. The molecular weight excluding hydrogens is 104 g/mol. The number of rotatable bonds is 0. The highest BCUT2D eigenvalue weighted by molar-refractivity contribution is 7.12. The van der Waals surface area contributed by atoms with Crippen LogP contribution in [0, 0.1) is 23.9 Å². The topological polar surface area (TPSA) is 0 Å². The van der Waals surface area contributed by atoms with Crippen molar-refractivity contribution in [3.8, 4) is 23.9 Å². The summed E-state index contributed by atoms with van der Waals surface area (Å²) in [6, 6.07) is 0. The van der Waals surface area contributed by atoms with Crippen molar-refractivity contribution in [3.63, 3.8) is 0 Å². The van der Waals surface area contributed by atoms with Crippen LogP contribution in [-0.2, 0) is 0 Å². The lowest BCUT2D eigenvalue weighted by molar-refractivity contribution is 2.81. The summed E-state index contributed by atoms with van der Waals surface area (Å²) in [5.74, 6) is 0. The molecule has 4 radical (unpaired) electrons. The SMILES string of the molecule is C#C[Si]([Si])C#C. The molecule has 0 aromatic heterocycles. The second-order valence-corrected chi connectivity index (χ2v) is 3.49. The summed E-state index contributed by atoms with van der Waals surface area (Å²) in [6.07, 6.45) is 9.77. The van der Waals surface area contributed by atoms with Crippen molar-refractivity contribution >= 4 is 18.1 Å². The van der Waals surface area contributed by atoms with E-state index in [1.54, 1.807) is 0 Å². The summed E-state index contributed by atoms with van der Waals surface area (Å²) in [6.45, 7) is 0. The van der Waals surface area contributed by atoms with Gasteiger partial charge in [0, 0.05) is 9.76 Å². The fraction of sp³-hybridized carbons (Fsp3) is 0. The Bertz CT molecular complexity index is 89.7. The molecule has 0 saturated heterocycles. The summed E-state index contributed by atoms with van der Waals surface area (Å²) in [4.78, 5) is 0. The van der Waals surface area contributed by atoms with Crippen molar-refractivity contribution in [2.75, 3.05) is 0 Å². The van der Waals surface area contributed by atoms with Gasteiger partial charge < -0.3 is 0 Å². The van der Waals surface area contributed by atoms with Crippen LogP contribution in [0.5, 0.6) is 0 Å². The lowest BCUT2D eigenvalue weighted by Gasteiger charge is -1.75. The molecule has 26 valence electrons. The molecule has 0 unspecified atom stereocenters. The Morgan fingerprint density at radius 3 is 1.67 bits per heavy atom. The van der Waals surface area contributed by atoms with Gasteiger partial charge in [0.05, 0.1) is 0 Å². The summed E-state index contributed by atoms with van der Waals surface area (Å²) in [5.41, 5.74) is 4.79. The Morgan fingerprint density at radius 2 is 1.67 bits per heavy atom. The molecule has 0 nitrogen and oxygen atoms in total. The fourth-order valence-corrected chi connectivity index (χ4v) is 0.125. The average Bonchev–Trinajstić information content (AvgIpc) is 1.65. The van der Waals surface area contributed by atoms with Crippen LogP contribution in [0.15, 0.2) is 0 Å². The van der Waals surface area contributed by atoms with Crippen LogP contribution in [0.25, 0.3) is 0 Å². The maximum atomic E-state index is 4.89. The van der Waals surface area contributed by atoms with Crippen molar-refractivity contribution in [1.29, 1.82) is 0 Å². The summed E-state index contributed by atoms with van der Waals surface area (Å²) >= 11 is 0. The molecule has 0 fully saturated rings. The smallest absolute Gasteiger partial charge is 0.127 e. The van der Waals surface area contributed by atoms with E-state index in [1.807, 2.05) is 0 Å². The van der Waals surface area contributed by atoms with Crippen molar-refractivity contribution in [2.45, 2.75) is 0 Å². The zero-order valence-electron chi connectivity index (χ0n) is 3.15. The first-order chi connectivity index (χ1) is 2.81. The molecular formula is C4H2Si2. The van der Waals surface area contributed by atoms with Crippen molar-refractivity contribution in [2.24, 2.45) is 0 Å². The van der Waals surface area contributed by atoms with Gasteiger partial charge in [-0.25, -0.2) is 0 Å². The largest absolute Gasteiger partial charge is 0.210 e. The molecule has 0 aliphatic heterocycles. The molecule has 0 aromatic carbocycles. The molecule has 0 saturated carbocycles. The molecule has 0 aliphatic rings. The molecule has 0 aliphatic carbocycles. The lowest BCUT2D eigenvalue weighted by Crippen LogP contribution is -2.04. The Balaban J connectivity index is 3.40. The quantitative estimate of drug-likeness (QED) is 0.288. The maximum Gasteiger partial charge on any atom is 0.210 e. The van der Waals surface area contributed by atoms with Crippen LogP contribution in [-0.4, -0.2) is 18.1 Å². The Labute approximate surface area is 42.8 Å². The molecule has 0 rings (SSSR count). The monoisotopic (exact) mass is 106 g/mol. The van der Waals surface area contributed by atoms with E-state index in [0.717, 1.165) is 0 Å². The zero-order chi connectivity index (χ0) is 4.99. The Hall–Kier alpha value is -0.446.